The van der Waals surface area contributed by atoms with E-state index in [1.165, 1.54) is 11.3 Å². The van der Waals surface area contributed by atoms with Gasteiger partial charge < -0.3 is 10.1 Å². The Labute approximate surface area is 150 Å². The molecule has 3 rings (SSSR count). The number of nitrogens with one attached hydrogen (secondary N) is 2. The number of benzene rings is 2. The third-order valence-electron chi connectivity index (χ3n) is 3.49. The first-order chi connectivity index (χ1) is 12.2. The molecule has 2 N–H and O–H groups in total. The van der Waals surface area contributed by atoms with Crippen LogP contribution in [0.25, 0.3) is 11.3 Å². The van der Waals surface area contributed by atoms with Crippen molar-refractivity contribution in [3.63, 3.8) is 0 Å². The van der Waals surface area contributed by atoms with Crippen molar-refractivity contribution >= 4 is 28.2 Å². The number of nitrogens with zero attached hydrogens (tertiary/aromatic N) is 1. The summed E-state index contributed by atoms with van der Waals surface area (Å²) in [6.07, 6.45) is 0. The summed E-state index contributed by atoms with van der Waals surface area (Å²) in [5.41, 5.74) is 2.59. The largest absolute Gasteiger partial charge is 0.494 e. The van der Waals surface area contributed by atoms with Gasteiger partial charge in [-0.15, -0.1) is 11.3 Å². The maximum Gasteiger partial charge on any atom is 0.325 e. The Kier molecular flexibility index (Phi) is 5.30. The molecule has 0 bridgehead atoms. The monoisotopic (exact) mass is 353 g/mol. The summed E-state index contributed by atoms with van der Waals surface area (Å²) in [6, 6.07) is 16.8. The van der Waals surface area contributed by atoms with Crippen molar-refractivity contribution in [2.75, 3.05) is 17.2 Å². The van der Waals surface area contributed by atoms with Gasteiger partial charge in [-0.05, 0) is 50.2 Å². The molecule has 6 heteroatoms. The first-order valence-corrected chi connectivity index (χ1v) is 8.81. The molecule has 0 fully saturated rings. The summed E-state index contributed by atoms with van der Waals surface area (Å²) in [5.74, 6) is 0.833. The highest BCUT2D eigenvalue weighted by atomic mass is 32.1. The second-order valence-corrected chi connectivity index (χ2v) is 6.53. The molecular formula is C19H19N3O2S. The topological polar surface area (TPSA) is 63.2 Å². The molecule has 1 heterocycles. The third kappa shape index (κ3) is 4.36. The van der Waals surface area contributed by atoms with Crippen LogP contribution in [0.1, 0.15) is 11.8 Å². The number of rotatable bonds is 5. The summed E-state index contributed by atoms with van der Waals surface area (Å²) >= 11 is 1.45. The van der Waals surface area contributed by atoms with Gasteiger partial charge in [0.05, 0.1) is 12.3 Å². The zero-order chi connectivity index (χ0) is 17.6. The molecule has 128 valence electrons. The van der Waals surface area contributed by atoms with Gasteiger partial charge in [-0.2, -0.15) is 0 Å². The molecule has 0 aliphatic carbocycles. The van der Waals surface area contributed by atoms with Crippen LogP contribution in [-0.2, 0) is 0 Å². The van der Waals surface area contributed by atoms with Gasteiger partial charge in [-0.25, -0.2) is 9.78 Å². The molecule has 0 saturated carbocycles. The van der Waals surface area contributed by atoms with E-state index in [0.717, 1.165) is 27.6 Å². The molecule has 0 atom stereocenters. The molecule has 1 aromatic heterocycles. The number of carbonyl (C=O) groups excluding carboxylic acids is 1. The van der Waals surface area contributed by atoms with Crippen LogP contribution in [0.4, 0.5) is 15.6 Å². The maximum atomic E-state index is 12.1. The Morgan fingerprint density at radius 2 is 1.80 bits per heavy atom. The van der Waals surface area contributed by atoms with E-state index in [1.54, 1.807) is 0 Å². The molecule has 0 radical (unpaired) electrons. The van der Waals surface area contributed by atoms with Crippen LogP contribution < -0.4 is 15.4 Å². The standard InChI is InChI=1S/C19H19N3O2S/c1-3-24-16-11-9-14(10-12-16)17-13(2)25-19(21-17)22-18(23)20-15-7-5-4-6-8-15/h4-12H,3H2,1-2H3,(H2,20,21,22,23). The van der Waals surface area contributed by atoms with Crippen LogP contribution in [0.3, 0.4) is 0 Å². The molecular weight excluding hydrogens is 334 g/mol. The number of hydrogen-bond acceptors (Lipinski definition) is 4. The average molecular weight is 353 g/mol. The van der Waals surface area contributed by atoms with E-state index in [2.05, 4.69) is 15.6 Å². The lowest BCUT2D eigenvalue weighted by Gasteiger charge is -2.05. The molecule has 25 heavy (non-hydrogen) atoms. The van der Waals surface area contributed by atoms with E-state index >= 15 is 0 Å². The second-order valence-electron chi connectivity index (χ2n) is 5.33. The fraction of sp³-hybridized carbons (Fsp3) is 0.158. The molecule has 2 aromatic carbocycles. The number of hydrogen-bond donors (Lipinski definition) is 2. The van der Waals surface area contributed by atoms with Crippen LogP contribution in [-0.4, -0.2) is 17.6 Å². The smallest absolute Gasteiger partial charge is 0.325 e. The summed E-state index contributed by atoms with van der Waals surface area (Å²) in [6.45, 7) is 4.58. The van der Waals surface area contributed by atoms with Gasteiger partial charge in [-0.3, -0.25) is 5.32 Å². The lowest BCUT2D eigenvalue weighted by molar-refractivity contribution is 0.262. The minimum Gasteiger partial charge on any atom is -0.494 e. The highest BCUT2D eigenvalue weighted by Gasteiger charge is 2.12. The van der Waals surface area contributed by atoms with E-state index in [-0.39, 0.29) is 6.03 Å². The minimum atomic E-state index is -0.307. The van der Waals surface area contributed by atoms with Crippen LogP contribution in [0.5, 0.6) is 5.75 Å². The first-order valence-electron chi connectivity index (χ1n) is 7.99. The summed E-state index contributed by atoms with van der Waals surface area (Å²) < 4.78 is 5.46. The van der Waals surface area contributed by atoms with E-state index in [4.69, 9.17) is 4.74 Å². The normalized spacial score (nSPS) is 10.3. The number of aromatic nitrogens is 1. The van der Waals surface area contributed by atoms with E-state index < -0.39 is 0 Å². The number of thiazole rings is 1. The van der Waals surface area contributed by atoms with Gasteiger partial charge in [0.2, 0.25) is 0 Å². The highest BCUT2D eigenvalue weighted by molar-refractivity contribution is 7.16. The van der Waals surface area contributed by atoms with E-state index in [0.29, 0.717) is 11.7 Å². The van der Waals surface area contributed by atoms with Crippen LogP contribution in [0.15, 0.2) is 54.6 Å². The Hall–Kier alpha value is -2.86. The summed E-state index contributed by atoms with van der Waals surface area (Å²) in [7, 11) is 0. The molecule has 3 aromatic rings. The third-order valence-corrected chi connectivity index (χ3v) is 4.37. The predicted octanol–water partition coefficient (Wildman–Crippen LogP) is 5.16. The molecule has 5 nitrogen and oxygen atoms in total. The van der Waals surface area contributed by atoms with E-state index in [9.17, 15) is 4.79 Å². The summed E-state index contributed by atoms with van der Waals surface area (Å²) in [5, 5.41) is 6.13. The van der Waals surface area contributed by atoms with Crippen molar-refractivity contribution in [2.24, 2.45) is 0 Å². The number of para-hydroxylation sites is 1. The van der Waals surface area contributed by atoms with Crippen molar-refractivity contribution in [3.8, 4) is 17.0 Å². The van der Waals surface area contributed by atoms with Crippen LogP contribution in [0.2, 0.25) is 0 Å². The molecule has 0 aliphatic heterocycles. The van der Waals surface area contributed by atoms with Gasteiger partial charge in [0.15, 0.2) is 5.13 Å². The number of aryl methyl sites for hydroxylation is 1. The van der Waals surface area contributed by atoms with Crippen molar-refractivity contribution in [1.82, 2.24) is 4.98 Å². The second kappa shape index (κ2) is 7.81. The number of carbonyl (C=O) groups is 1. The molecule has 0 saturated heterocycles. The minimum absolute atomic E-state index is 0.307. The fourth-order valence-electron chi connectivity index (χ4n) is 2.37. The van der Waals surface area contributed by atoms with Gasteiger partial charge in [0.1, 0.15) is 5.75 Å². The van der Waals surface area contributed by atoms with Crippen molar-refractivity contribution < 1.29 is 9.53 Å². The first kappa shape index (κ1) is 17.0. The Morgan fingerprint density at radius 1 is 1.08 bits per heavy atom. The molecule has 0 unspecified atom stereocenters. The molecule has 0 aliphatic rings. The van der Waals surface area contributed by atoms with E-state index in [1.807, 2.05) is 68.4 Å². The van der Waals surface area contributed by atoms with Crippen LogP contribution >= 0.6 is 11.3 Å². The van der Waals surface area contributed by atoms with Gasteiger partial charge in [0.25, 0.3) is 0 Å². The number of ether oxygens (including phenoxy) is 1. The number of amides is 2. The van der Waals surface area contributed by atoms with Crippen LogP contribution in [0, 0.1) is 6.92 Å². The van der Waals surface area contributed by atoms with Crippen molar-refractivity contribution in [2.45, 2.75) is 13.8 Å². The Morgan fingerprint density at radius 3 is 2.48 bits per heavy atom. The maximum absolute atomic E-state index is 12.1. The zero-order valence-electron chi connectivity index (χ0n) is 14.1. The van der Waals surface area contributed by atoms with Gasteiger partial charge in [0, 0.05) is 16.1 Å². The molecule has 0 spiro atoms. The SMILES string of the molecule is CCOc1ccc(-c2nc(NC(=O)Nc3ccccc3)sc2C)cc1. The zero-order valence-corrected chi connectivity index (χ0v) is 14.9. The van der Waals surface area contributed by atoms with Gasteiger partial charge in [-0.1, -0.05) is 18.2 Å². The number of urea groups is 1. The Balaban J connectivity index is 1.70. The average Bonchev–Trinajstić information content (AvgIpc) is 2.97. The number of anilines is 2. The predicted molar refractivity (Wildman–Crippen MR) is 103 cm³/mol. The lowest BCUT2D eigenvalue weighted by Crippen LogP contribution is -2.19. The quantitative estimate of drug-likeness (QED) is 0.666. The van der Waals surface area contributed by atoms with Crippen molar-refractivity contribution in [1.29, 1.82) is 0 Å². The molecule has 2 amide bonds. The van der Waals surface area contributed by atoms with Gasteiger partial charge >= 0.3 is 6.03 Å². The highest BCUT2D eigenvalue weighted by Crippen LogP contribution is 2.31. The Bertz CT molecular complexity index is 845. The summed E-state index contributed by atoms with van der Waals surface area (Å²) in [4.78, 5) is 17.7. The fourth-order valence-corrected chi connectivity index (χ4v) is 3.21. The van der Waals surface area contributed by atoms with Crippen molar-refractivity contribution in [3.05, 3.63) is 59.5 Å². The lowest BCUT2D eigenvalue weighted by atomic mass is 10.1.